The summed E-state index contributed by atoms with van der Waals surface area (Å²) in [6, 6.07) is 3.30. The minimum absolute atomic E-state index is 0.0344. The average molecular weight is 480 g/mol. The molecule has 0 aromatic heterocycles. The van der Waals surface area contributed by atoms with E-state index in [1.54, 1.807) is 44.2 Å². The van der Waals surface area contributed by atoms with Crippen molar-refractivity contribution in [1.82, 2.24) is 16.0 Å². The van der Waals surface area contributed by atoms with Crippen LogP contribution in [0.2, 0.25) is 0 Å². The van der Waals surface area contributed by atoms with Crippen molar-refractivity contribution in [3.63, 3.8) is 0 Å². The summed E-state index contributed by atoms with van der Waals surface area (Å²) < 4.78 is 0. The van der Waals surface area contributed by atoms with Crippen molar-refractivity contribution >= 4 is 29.6 Å². The topological polar surface area (TPSA) is 214 Å². The van der Waals surface area contributed by atoms with Crippen LogP contribution in [-0.4, -0.2) is 70.1 Å². The van der Waals surface area contributed by atoms with Gasteiger partial charge in [0.2, 0.25) is 23.6 Å². The van der Waals surface area contributed by atoms with E-state index in [0.29, 0.717) is 5.56 Å². The van der Waals surface area contributed by atoms with Crippen LogP contribution >= 0.6 is 0 Å². The van der Waals surface area contributed by atoms with E-state index >= 15 is 0 Å². The Morgan fingerprint density at radius 1 is 0.882 bits per heavy atom. The average Bonchev–Trinajstić information content (AvgIpc) is 2.75. The Hall–Kier alpha value is -3.51. The lowest BCUT2D eigenvalue weighted by molar-refractivity contribution is -0.145. The molecule has 0 aliphatic rings. The molecular weight excluding hydrogens is 446 g/mol. The first-order chi connectivity index (χ1) is 15.8. The molecule has 0 heterocycles. The summed E-state index contributed by atoms with van der Waals surface area (Å²) in [4.78, 5) is 61.0. The fourth-order valence-corrected chi connectivity index (χ4v) is 2.96. The van der Waals surface area contributed by atoms with Gasteiger partial charge in [-0.1, -0.05) is 44.2 Å². The molecule has 1 aromatic carbocycles. The largest absolute Gasteiger partial charge is 0.480 e. The van der Waals surface area contributed by atoms with E-state index in [1.165, 1.54) is 6.92 Å². The summed E-state index contributed by atoms with van der Waals surface area (Å²) in [5, 5.41) is 25.9. The standard InChI is InChI=1S/C22H33N5O7/c1-11(2)17(24)21(32)26-15(10-16(23)29)19(30)25-14(9-13-7-5-4-6-8-13)20(31)27-18(12(3)28)22(33)34/h4-8,11-12,14-15,17-18,28H,9-10,24H2,1-3H3,(H2,23,29)(H,25,30)(H,26,32)(H,27,31)(H,33,34). The molecule has 1 aromatic rings. The van der Waals surface area contributed by atoms with Crippen molar-refractivity contribution in [2.75, 3.05) is 0 Å². The zero-order chi connectivity index (χ0) is 26.0. The number of hydrogen-bond acceptors (Lipinski definition) is 7. The summed E-state index contributed by atoms with van der Waals surface area (Å²) in [5.41, 5.74) is 11.7. The molecule has 1 rings (SSSR count). The number of carbonyl (C=O) groups excluding carboxylic acids is 4. The van der Waals surface area contributed by atoms with Crippen LogP contribution in [0, 0.1) is 5.92 Å². The van der Waals surface area contributed by atoms with E-state index in [0.717, 1.165) is 0 Å². The first kappa shape index (κ1) is 28.5. The molecule has 0 bridgehead atoms. The van der Waals surface area contributed by atoms with Crippen LogP contribution in [0.4, 0.5) is 0 Å². The second-order valence-electron chi connectivity index (χ2n) is 8.32. The number of amides is 4. The normalized spacial score (nSPS) is 15.4. The maximum Gasteiger partial charge on any atom is 0.328 e. The Balaban J connectivity index is 3.14. The van der Waals surface area contributed by atoms with E-state index in [4.69, 9.17) is 11.5 Å². The van der Waals surface area contributed by atoms with Crippen LogP contribution < -0.4 is 27.4 Å². The van der Waals surface area contributed by atoms with E-state index in [2.05, 4.69) is 16.0 Å². The molecule has 0 saturated carbocycles. The minimum atomic E-state index is -1.62. The lowest BCUT2D eigenvalue weighted by Crippen LogP contribution is -2.59. The molecule has 0 saturated heterocycles. The highest BCUT2D eigenvalue weighted by Crippen LogP contribution is 2.07. The van der Waals surface area contributed by atoms with Gasteiger partial charge in [-0.2, -0.15) is 0 Å². The molecule has 34 heavy (non-hydrogen) atoms. The summed E-state index contributed by atoms with van der Waals surface area (Å²) in [7, 11) is 0. The van der Waals surface area contributed by atoms with Gasteiger partial charge in [-0.25, -0.2) is 4.79 Å². The molecule has 12 heteroatoms. The predicted molar refractivity (Wildman–Crippen MR) is 122 cm³/mol. The van der Waals surface area contributed by atoms with Crippen LogP contribution in [0.5, 0.6) is 0 Å². The number of carboxylic acids is 1. The Kier molecular flexibility index (Phi) is 11.1. The number of hydrogen-bond donors (Lipinski definition) is 7. The molecule has 0 aliphatic carbocycles. The third kappa shape index (κ3) is 9.16. The van der Waals surface area contributed by atoms with Crippen molar-refractivity contribution in [2.24, 2.45) is 17.4 Å². The van der Waals surface area contributed by atoms with Gasteiger partial charge >= 0.3 is 5.97 Å². The number of carboxylic acid groups (broad SMARTS) is 1. The van der Waals surface area contributed by atoms with Gasteiger partial charge in [0.15, 0.2) is 6.04 Å². The van der Waals surface area contributed by atoms with Gasteiger partial charge in [0.25, 0.3) is 0 Å². The van der Waals surface area contributed by atoms with Gasteiger partial charge in [-0.05, 0) is 18.4 Å². The lowest BCUT2D eigenvalue weighted by Gasteiger charge is -2.26. The van der Waals surface area contributed by atoms with Crippen molar-refractivity contribution in [2.45, 2.75) is 63.9 Å². The third-order valence-electron chi connectivity index (χ3n) is 5.02. The van der Waals surface area contributed by atoms with Gasteiger partial charge in [0, 0.05) is 6.42 Å². The molecule has 12 nitrogen and oxygen atoms in total. The second kappa shape index (κ2) is 13.3. The first-order valence-corrected chi connectivity index (χ1v) is 10.7. The number of nitrogens with one attached hydrogen (secondary N) is 3. The number of aliphatic hydroxyl groups is 1. The highest BCUT2D eigenvalue weighted by atomic mass is 16.4. The highest BCUT2D eigenvalue weighted by Gasteiger charge is 2.32. The van der Waals surface area contributed by atoms with E-state index < -0.39 is 66.3 Å². The smallest absolute Gasteiger partial charge is 0.328 e. The van der Waals surface area contributed by atoms with Gasteiger partial charge < -0.3 is 37.6 Å². The van der Waals surface area contributed by atoms with Crippen LogP contribution in [0.15, 0.2) is 30.3 Å². The van der Waals surface area contributed by atoms with Crippen LogP contribution in [0.25, 0.3) is 0 Å². The molecule has 0 radical (unpaired) electrons. The number of benzene rings is 1. The predicted octanol–water partition coefficient (Wildman–Crippen LogP) is -1.99. The highest BCUT2D eigenvalue weighted by molar-refractivity contribution is 5.96. The number of rotatable bonds is 13. The van der Waals surface area contributed by atoms with Gasteiger partial charge in [-0.3, -0.25) is 19.2 Å². The number of carbonyl (C=O) groups is 5. The molecule has 4 amide bonds. The number of aliphatic hydroxyl groups excluding tert-OH is 1. The number of aliphatic carboxylic acids is 1. The minimum Gasteiger partial charge on any atom is -0.480 e. The van der Waals surface area contributed by atoms with E-state index in [1.807, 2.05) is 0 Å². The van der Waals surface area contributed by atoms with Gasteiger partial charge in [0.05, 0.1) is 18.6 Å². The monoisotopic (exact) mass is 479 g/mol. The summed E-state index contributed by atoms with van der Waals surface area (Å²) >= 11 is 0. The van der Waals surface area contributed by atoms with Crippen molar-refractivity contribution in [3.05, 3.63) is 35.9 Å². The second-order valence-corrected chi connectivity index (χ2v) is 8.32. The zero-order valence-electron chi connectivity index (χ0n) is 19.4. The van der Waals surface area contributed by atoms with Crippen LogP contribution in [-0.2, 0) is 30.4 Å². The SMILES string of the molecule is CC(C)C(N)C(=O)NC(CC(N)=O)C(=O)NC(Cc1ccccc1)C(=O)NC(C(=O)O)C(C)O. The van der Waals surface area contributed by atoms with E-state index in [-0.39, 0.29) is 12.3 Å². The number of nitrogens with two attached hydrogens (primary N) is 2. The fourth-order valence-electron chi connectivity index (χ4n) is 2.96. The van der Waals surface area contributed by atoms with Crippen molar-refractivity contribution in [1.29, 1.82) is 0 Å². The molecule has 0 fully saturated rings. The summed E-state index contributed by atoms with van der Waals surface area (Å²) in [5.74, 6) is -5.03. The molecule has 5 atom stereocenters. The van der Waals surface area contributed by atoms with Crippen LogP contribution in [0.1, 0.15) is 32.8 Å². The summed E-state index contributed by atoms with van der Waals surface area (Å²) in [6.07, 6.45) is -1.99. The summed E-state index contributed by atoms with van der Waals surface area (Å²) in [6.45, 7) is 4.60. The first-order valence-electron chi connectivity index (χ1n) is 10.7. The maximum absolute atomic E-state index is 12.9. The molecule has 188 valence electrons. The van der Waals surface area contributed by atoms with Gasteiger partial charge in [0.1, 0.15) is 12.1 Å². The lowest BCUT2D eigenvalue weighted by atomic mass is 10.0. The molecule has 0 spiro atoms. The Morgan fingerprint density at radius 2 is 1.41 bits per heavy atom. The quantitative estimate of drug-likeness (QED) is 0.168. The third-order valence-corrected chi connectivity index (χ3v) is 5.02. The van der Waals surface area contributed by atoms with Crippen LogP contribution in [0.3, 0.4) is 0 Å². The Labute approximate surface area is 197 Å². The van der Waals surface area contributed by atoms with Crippen molar-refractivity contribution in [3.8, 4) is 0 Å². The maximum atomic E-state index is 12.9. The molecule has 9 N–H and O–H groups in total. The number of primary amides is 1. The Bertz CT molecular complexity index is 876. The molecular formula is C22H33N5O7. The van der Waals surface area contributed by atoms with Gasteiger partial charge in [-0.15, -0.1) is 0 Å². The Morgan fingerprint density at radius 3 is 1.88 bits per heavy atom. The molecule has 0 aliphatic heterocycles. The fraction of sp³-hybridized carbons (Fsp3) is 0.500. The zero-order valence-corrected chi connectivity index (χ0v) is 19.4. The molecule has 5 unspecified atom stereocenters. The van der Waals surface area contributed by atoms with Crippen molar-refractivity contribution < 1.29 is 34.2 Å². The van der Waals surface area contributed by atoms with E-state index in [9.17, 15) is 34.2 Å².